The van der Waals surface area contributed by atoms with Gasteiger partial charge in [0.2, 0.25) is 0 Å². The molecule has 3 unspecified atom stereocenters. The van der Waals surface area contributed by atoms with Gasteiger partial charge in [-0.2, -0.15) is 0 Å². The first-order chi connectivity index (χ1) is 10.2. The Morgan fingerprint density at radius 3 is 2.76 bits per heavy atom. The molecule has 118 valence electrons. The highest BCUT2D eigenvalue weighted by molar-refractivity contribution is 5.46. The summed E-state index contributed by atoms with van der Waals surface area (Å²) in [5, 5.41) is 13.2. The lowest BCUT2D eigenvalue weighted by Gasteiger charge is -2.21. The number of aromatic nitrogens is 1. The zero-order chi connectivity index (χ0) is 15.2. The number of anilines is 1. The quantitative estimate of drug-likeness (QED) is 0.811. The van der Waals surface area contributed by atoms with Crippen LogP contribution < -0.4 is 10.2 Å². The van der Waals surface area contributed by atoms with E-state index in [4.69, 9.17) is 0 Å². The molecule has 0 spiro atoms. The average Bonchev–Trinajstić information content (AvgIpc) is 2.99. The Bertz CT molecular complexity index is 419. The van der Waals surface area contributed by atoms with Gasteiger partial charge in [0.25, 0.3) is 0 Å². The molecule has 0 aromatic carbocycles. The Labute approximate surface area is 128 Å². The zero-order valence-corrected chi connectivity index (χ0v) is 13.5. The number of pyridine rings is 1. The smallest absolute Gasteiger partial charge is 0.0574 e. The van der Waals surface area contributed by atoms with Crippen LogP contribution in [-0.2, 0) is 0 Å². The van der Waals surface area contributed by atoms with Crippen LogP contribution in [0.25, 0.3) is 0 Å². The van der Waals surface area contributed by atoms with Crippen LogP contribution in [0.1, 0.15) is 51.8 Å². The van der Waals surface area contributed by atoms with Crippen molar-refractivity contribution in [3.05, 3.63) is 24.0 Å². The molecule has 1 fully saturated rings. The maximum absolute atomic E-state index is 9.70. The van der Waals surface area contributed by atoms with Crippen LogP contribution in [-0.4, -0.2) is 35.8 Å². The second-order valence-corrected chi connectivity index (χ2v) is 6.09. The van der Waals surface area contributed by atoms with Crippen LogP contribution in [0.2, 0.25) is 0 Å². The first kappa shape index (κ1) is 16.2. The number of rotatable bonds is 7. The van der Waals surface area contributed by atoms with Crippen molar-refractivity contribution in [3.8, 4) is 0 Å². The van der Waals surface area contributed by atoms with E-state index >= 15 is 0 Å². The molecule has 1 aliphatic heterocycles. The third-order valence-electron chi connectivity index (χ3n) is 4.45. The van der Waals surface area contributed by atoms with Gasteiger partial charge in [-0.25, -0.2) is 0 Å². The van der Waals surface area contributed by atoms with Crippen molar-refractivity contribution in [3.63, 3.8) is 0 Å². The summed E-state index contributed by atoms with van der Waals surface area (Å²) in [5.74, 6) is 0.388. The lowest BCUT2D eigenvalue weighted by molar-refractivity contribution is 0.136. The number of nitrogens with one attached hydrogen (secondary N) is 1. The summed E-state index contributed by atoms with van der Waals surface area (Å²) in [4.78, 5) is 6.98. The van der Waals surface area contributed by atoms with Gasteiger partial charge in [0, 0.05) is 25.0 Å². The van der Waals surface area contributed by atoms with Gasteiger partial charge >= 0.3 is 0 Å². The molecule has 4 nitrogen and oxygen atoms in total. The minimum atomic E-state index is -0.218. The van der Waals surface area contributed by atoms with E-state index in [1.165, 1.54) is 5.69 Å². The van der Waals surface area contributed by atoms with Crippen molar-refractivity contribution in [1.82, 2.24) is 10.3 Å². The Hall–Kier alpha value is -1.13. The third kappa shape index (κ3) is 4.17. The monoisotopic (exact) mass is 291 g/mol. The van der Waals surface area contributed by atoms with Crippen LogP contribution in [0.5, 0.6) is 0 Å². The number of aliphatic hydroxyl groups is 1. The summed E-state index contributed by atoms with van der Waals surface area (Å²) in [7, 11) is 0. The van der Waals surface area contributed by atoms with E-state index < -0.39 is 0 Å². The van der Waals surface area contributed by atoms with Gasteiger partial charge in [-0.05, 0) is 44.9 Å². The fraction of sp³-hybridized carbons (Fsp3) is 0.706. The van der Waals surface area contributed by atoms with Crippen molar-refractivity contribution in [2.45, 2.75) is 52.2 Å². The molecule has 2 heterocycles. The maximum Gasteiger partial charge on any atom is 0.0574 e. The molecule has 1 saturated heterocycles. The summed E-state index contributed by atoms with van der Waals surface area (Å²) < 4.78 is 0. The van der Waals surface area contributed by atoms with Gasteiger partial charge in [-0.1, -0.05) is 13.8 Å². The zero-order valence-electron chi connectivity index (χ0n) is 13.5. The standard InChI is InChI=1S/C17H29N3O/c1-4-9-18-16(5-2)17-7-6-15(11-19-17)20-10-8-14(12-20)13(3)21/h6-7,11,13-14,16,18,21H,4-5,8-10,12H2,1-3H3. The molecule has 0 bridgehead atoms. The fourth-order valence-electron chi connectivity index (χ4n) is 2.98. The van der Waals surface area contributed by atoms with Gasteiger partial charge in [0.15, 0.2) is 0 Å². The summed E-state index contributed by atoms with van der Waals surface area (Å²) in [6.07, 6.45) is 5.03. The lowest BCUT2D eigenvalue weighted by Crippen LogP contribution is -2.25. The molecule has 0 radical (unpaired) electrons. The Balaban J connectivity index is 1.98. The Kier molecular flexibility index (Phi) is 6.00. The normalized spacial score (nSPS) is 21.5. The summed E-state index contributed by atoms with van der Waals surface area (Å²) in [6.45, 7) is 9.25. The van der Waals surface area contributed by atoms with E-state index in [0.29, 0.717) is 12.0 Å². The Morgan fingerprint density at radius 1 is 1.43 bits per heavy atom. The average molecular weight is 291 g/mol. The van der Waals surface area contributed by atoms with E-state index in [1.807, 2.05) is 13.1 Å². The third-order valence-corrected chi connectivity index (χ3v) is 4.45. The number of hydrogen-bond donors (Lipinski definition) is 2. The van der Waals surface area contributed by atoms with Crippen LogP contribution in [0.4, 0.5) is 5.69 Å². The fourth-order valence-corrected chi connectivity index (χ4v) is 2.98. The van der Waals surface area contributed by atoms with Crippen molar-refractivity contribution in [2.24, 2.45) is 5.92 Å². The van der Waals surface area contributed by atoms with Gasteiger partial charge in [0.05, 0.1) is 23.7 Å². The second kappa shape index (κ2) is 7.76. The SMILES string of the molecule is CCCNC(CC)c1ccc(N2CCC(C(C)O)C2)cn1. The van der Waals surface area contributed by atoms with Crippen LogP contribution in [0.3, 0.4) is 0 Å². The molecule has 0 aliphatic carbocycles. The number of aliphatic hydroxyl groups excluding tert-OH is 1. The van der Waals surface area contributed by atoms with E-state index in [9.17, 15) is 5.11 Å². The van der Waals surface area contributed by atoms with E-state index in [0.717, 1.165) is 44.6 Å². The van der Waals surface area contributed by atoms with Gasteiger partial charge < -0.3 is 15.3 Å². The molecule has 21 heavy (non-hydrogen) atoms. The van der Waals surface area contributed by atoms with Gasteiger partial charge in [-0.15, -0.1) is 0 Å². The van der Waals surface area contributed by atoms with Gasteiger partial charge in [-0.3, -0.25) is 4.98 Å². The molecular weight excluding hydrogens is 262 g/mol. The van der Waals surface area contributed by atoms with Crippen molar-refractivity contribution in [1.29, 1.82) is 0 Å². The highest BCUT2D eigenvalue weighted by Crippen LogP contribution is 2.26. The molecule has 0 saturated carbocycles. The molecule has 1 aromatic heterocycles. The van der Waals surface area contributed by atoms with Crippen LogP contribution in [0.15, 0.2) is 18.3 Å². The minimum absolute atomic E-state index is 0.218. The molecule has 1 aliphatic rings. The molecule has 0 amide bonds. The summed E-state index contributed by atoms with van der Waals surface area (Å²) >= 11 is 0. The highest BCUT2D eigenvalue weighted by Gasteiger charge is 2.26. The van der Waals surface area contributed by atoms with E-state index in [2.05, 4.69) is 41.2 Å². The summed E-state index contributed by atoms with van der Waals surface area (Å²) in [5.41, 5.74) is 2.30. The largest absolute Gasteiger partial charge is 0.393 e. The topological polar surface area (TPSA) is 48.4 Å². The van der Waals surface area contributed by atoms with Crippen molar-refractivity contribution < 1.29 is 5.11 Å². The molecule has 2 N–H and O–H groups in total. The van der Waals surface area contributed by atoms with Crippen LogP contribution in [0, 0.1) is 5.92 Å². The highest BCUT2D eigenvalue weighted by atomic mass is 16.3. The number of nitrogens with zero attached hydrogens (tertiary/aromatic N) is 2. The van der Waals surface area contributed by atoms with E-state index in [-0.39, 0.29) is 6.10 Å². The Morgan fingerprint density at radius 2 is 2.24 bits per heavy atom. The lowest BCUT2D eigenvalue weighted by atomic mass is 10.0. The second-order valence-electron chi connectivity index (χ2n) is 6.09. The maximum atomic E-state index is 9.70. The summed E-state index contributed by atoms with van der Waals surface area (Å²) in [6, 6.07) is 4.66. The number of hydrogen-bond acceptors (Lipinski definition) is 4. The first-order valence-electron chi connectivity index (χ1n) is 8.28. The van der Waals surface area contributed by atoms with Crippen molar-refractivity contribution >= 4 is 5.69 Å². The first-order valence-corrected chi connectivity index (χ1v) is 8.28. The van der Waals surface area contributed by atoms with Crippen LogP contribution >= 0.6 is 0 Å². The predicted molar refractivity (Wildman–Crippen MR) is 87.6 cm³/mol. The molecule has 3 atom stereocenters. The molecule has 1 aromatic rings. The minimum Gasteiger partial charge on any atom is -0.393 e. The predicted octanol–water partition coefficient (Wildman–Crippen LogP) is 2.74. The van der Waals surface area contributed by atoms with Gasteiger partial charge in [0.1, 0.15) is 0 Å². The molecule has 2 rings (SSSR count). The molecule has 4 heteroatoms. The molecular formula is C17H29N3O. The van der Waals surface area contributed by atoms with Crippen molar-refractivity contribution in [2.75, 3.05) is 24.5 Å². The van der Waals surface area contributed by atoms with E-state index in [1.54, 1.807) is 0 Å².